The summed E-state index contributed by atoms with van der Waals surface area (Å²) < 4.78 is 28.2. The van der Waals surface area contributed by atoms with Crippen LogP contribution in [0.5, 0.6) is 5.75 Å². The average Bonchev–Trinajstić information content (AvgIpc) is 2.85. The molecule has 0 unspecified atom stereocenters. The van der Waals surface area contributed by atoms with Crippen LogP contribution in [0.1, 0.15) is 25.0 Å². The maximum atomic E-state index is 13.5. The summed E-state index contributed by atoms with van der Waals surface area (Å²) in [5.41, 5.74) is 7.78. The van der Waals surface area contributed by atoms with Gasteiger partial charge in [-0.15, -0.1) is 0 Å². The van der Waals surface area contributed by atoms with Crippen LogP contribution in [0.15, 0.2) is 83.8 Å². The zero-order valence-electron chi connectivity index (χ0n) is 21.1. The zero-order chi connectivity index (χ0) is 27.0. The van der Waals surface area contributed by atoms with Gasteiger partial charge in [-0.05, 0) is 59.9 Å². The summed E-state index contributed by atoms with van der Waals surface area (Å²) in [6.07, 6.45) is -0.801. The van der Waals surface area contributed by atoms with Crippen molar-refractivity contribution in [2.75, 3.05) is 18.8 Å². The van der Waals surface area contributed by atoms with Crippen molar-refractivity contribution < 1.29 is 23.4 Å². The molecule has 198 valence electrons. The molecule has 0 bridgehead atoms. The molecule has 0 aliphatic carbocycles. The van der Waals surface area contributed by atoms with E-state index in [1.54, 1.807) is 12.1 Å². The lowest BCUT2D eigenvalue weighted by Gasteiger charge is -2.31. The predicted molar refractivity (Wildman–Crippen MR) is 144 cm³/mol. The summed E-state index contributed by atoms with van der Waals surface area (Å²) in [4.78, 5) is 13.0. The molecule has 0 aliphatic heterocycles. The van der Waals surface area contributed by atoms with Gasteiger partial charge in [-0.25, -0.2) is 8.42 Å². The van der Waals surface area contributed by atoms with Gasteiger partial charge in [-0.3, -0.25) is 4.79 Å². The van der Waals surface area contributed by atoms with Crippen molar-refractivity contribution in [3.8, 4) is 5.75 Å². The van der Waals surface area contributed by atoms with Gasteiger partial charge in [-0.1, -0.05) is 56.3 Å². The fourth-order valence-corrected chi connectivity index (χ4v) is 5.63. The number of rotatable bonds is 12. The molecule has 0 fully saturated rings. The first-order chi connectivity index (χ1) is 17.5. The molecule has 8 nitrogen and oxygen atoms in total. The maximum Gasteiger partial charge on any atom is 0.243 e. The third-order valence-corrected chi connectivity index (χ3v) is 7.73. The molecule has 1 amide bonds. The van der Waals surface area contributed by atoms with Gasteiger partial charge in [0, 0.05) is 18.8 Å². The Bertz CT molecular complexity index is 1250. The quantitative estimate of drug-likeness (QED) is 0.269. The van der Waals surface area contributed by atoms with E-state index in [0.29, 0.717) is 17.7 Å². The number of sulfonamides is 1. The highest BCUT2D eigenvalue weighted by Crippen LogP contribution is 2.20. The van der Waals surface area contributed by atoms with Crippen molar-refractivity contribution in [1.82, 2.24) is 9.62 Å². The maximum absolute atomic E-state index is 13.5. The Balaban J connectivity index is 1.83. The standard InChI is InChI=1S/C28H35N3O5S/c1-20(2)18-31(37(35,36)25-14-10-23(29)11-15-25)19-27(33)26(16-21-6-4-3-5-7-21)30-28(34)17-22-8-12-24(32)13-9-22/h3-15,20,26-27,32-33H,16-19,29H2,1-2H3,(H,30,34)/t26-,27+/m0/s1. The molecule has 5 N–H and O–H groups in total. The molecule has 9 heteroatoms. The van der Waals surface area contributed by atoms with E-state index in [1.165, 1.54) is 40.7 Å². The number of nitrogens with two attached hydrogens (primary N) is 1. The first kappa shape index (κ1) is 28.2. The Kier molecular flexibility index (Phi) is 9.68. The number of benzene rings is 3. The van der Waals surface area contributed by atoms with E-state index < -0.39 is 22.2 Å². The Hall–Kier alpha value is -3.40. The molecule has 0 aliphatic rings. The summed E-state index contributed by atoms with van der Waals surface area (Å²) in [5, 5.41) is 23.7. The molecular formula is C28H35N3O5S. The number of nitrogens with one attached hydrogen (secondary N) is 1. The Labute approximate surface area is 218 Å². The minimum absolute atomic E-state index is 0.00687. The van der Waals surface area contributed by atoms with Crippen molar-refractivity contribution in [3.05, 3.63) is 90.0 Å². The summed E-state index contributed by atoms with van der Waals surface area (Å²) in [5.74, 6) is -0.205. The largest absolute Gasteiger partial charge is 0.508 e. The topological polar surface area (TPSA) is 133 Å². The Morgan fingerprint density at radius 3 is 2.14 bits per heavy atom. The molecule has 3 aromatic carbocycles. The number of carbonyl (C=O) groups is 1. The molecule has 0 saturated carbocycles. The SMILES string of the molecule is CC(C)CN(C[C@@H](O)[C@H](Cc1ccccc1)NC(=O)Cc1ccc(O)cc1)S(=O)(=O)c1ccc(N)cc1. The van der Waals surface area contributed by atoms with Crippen LogP contribution in [0.2, 0.25) is 0 Å². The molecule has 0 heterocycles. The van der Waals surface area contributed by atoms with E-state index in [0.717, 1.165) is 5.56 Å². The van der Waals surface area contributed by atoms with E-state index in [2.05, 4.69) is 5.32 Å². The molecule has 3 aromatic rings. The van der Waals surface area contributed by atoms with Crippen LogP contribution in [0, 0.1) is 5.92 Å². The molecule has 0 spiro atoms. The van der Waals surface area contributed by atoms with E-state index in [1.807, 2.05) is 44.2 Å². The number of aromatic hydroxyl groups is 1. The first-order valence-corrected chi connectivity index (χ1v) is 13.6. The molecular weight excluding hydrogens is 490 g/mol. The number of hydrogen-bond donors (Lipinski definition) is 4. The number of phenols is 1. The summed E-state index contributed by atoms with van der Waals surface area (Å²) in [7, 11) is -3.91. The van der Waals surface area contributed by atoms with Gasteiger partial charge < -0.3 is 21.3 Å². The van der Waals surface area contributed by atoms with E-state index in [9.17, 15) is 23.4 Å². The number of aliphatic hydroxyl groups excluding tert-OH is 1. The lowest BCUT2D eigenvalue weighted by atomic mass is 10.00. The number of nitrogen functional groups attached to an aromatic ring is 1. The van der Waals surface area contributed by atoms with Crippen LogP contribution in [0.4, 0.5) is 5.69 Å². The second-order valence-corrected chi connectivity index (χ2v) is 11.5. The second kappa shape index (κ2) is 12.7. The van der Waals surface area contributed by atoms with Crippen LogP contribution < -0.4 is 11.1 Å². The van der Waals surface area contributed by atoms with Gasteiger partial charge in [-0.2, -0.15) is 4.31 Å². The van der Waals surface area contributed by atoms with E-state index in [-0.39, 0.29) is 42.0 Å². The lowest BCUT2D eigenvalue weighted by Crippen LogP contribution is -2.51. The Morgan fingerprint density at radius 2 is 1.54 bits per heavy atom. The van der Waals surface area contributed by atoms with Crippen molar-refractivity contribution in [2.45, 2.75) is 43.7 Å². The highest BCUT2D eigenvalue weighted by molar-refractivity contribution is 7.89. The van der Waals surface area contributed by atoms with Crippen molar-refractivity contribution >= 4 is 21.6 Å². The molecule has 0 aromatic heterocycles. The van der Waals surface area contributed by atoms with E-state index in [4.69, 9.17) is 5.73 Å². The van der Waals surface area contributed by atoms with Crippen LogP contribution in [-0.4, -0.2) is 54.1 Å². The predicted octanol–water partition coefficient (Wildman–Crippen LogP) is 2.95. The molecule has 2 atom stereocenters. The highest BCUT2D eigenvalue weighted by Gasteiger charge is 2.31. The van der Waals surface area contributed by atoms with Crippen LogP contribution >= 0.6 is 0 Å². The fourth-order valence-electron chi connectivity index (χ4n) is 4.01. The Morgan fingerprint density at radius 1 is 0.919 bits per heavy atom. The second-order valence-electron chi connectivity index (χ2n) is 9.56. The van der Waals surface area contributed by atoms with Gasteiger partial charge in [0.05, 0.1) is 23.5 Å². The lowest BCUT2D eigenvalue weighted by molar-refractivity contribution is -0.122. The third kappa shape index (κ3) is 8.31. The molecule has 37 heavy (non-hydrogen) atoms. The van der Waals surface area contributed by atoms with Crippen molar-refractivity contribution in [3.63, 3.8) is 0 Å². The summed E-state index contributed by atoms with van der Waals surface area (Å²) in [6.45, 7) is 3.81. The van der Waals surface area contributed by atoms with Crippen LogP contribution in [-0.2, 0) is 27.7 Å². The monoisotopic (exact) mass is 525 g/mol. The number of anilines is 1. The molecule has 0 radical (unpaired) electrons. The number of amides is 1. The van der Waals surface area contributed by atoms with Crippen molar-refractivity contribution in [1.29, 1.82) is 0 Å². The third-order valence-electron chi connectivity index (χ3n) is 5.89. The van der Waals surface area contributed by atoms with Gasteiger partial charge in [0.25, 0.3) is 0 Å². The number of aliphatic hydroxyl groups is 1. The van der Waals surface area contributed by atoms with Crippen LogP contribution in [0.3, 0.4) is 0 Å². The fraction of sp³-hybridized carbons (Fsp3) is 0.321. The number of phenolic OH excluding ortho intramolecular Hbond substituents is 1. The van der Waals surface area contributed by atoms with Gasteiger partial charge in [0.15, 0.2) is 0 Å². The number of hydrogen-bond acceptors (Lipinski definition) is 6. The summed E-state index contributed by atoms with van der Waals surface area (Å²) >= 11 is 0. The van der Waals surface area contributed by atoms with Gasteiger partial charge >= 0.3 is 0 Å². The average molecular weight is 526 g/mol. The van der Waals surface area contributed by atoms with Gasteiger partial charge in [0.2, 0.25) is 15.9 Å². The zero-order valence-corrected chi connectivity index (χ0v) is 21.9. The normalized spacial score (nSPS) is 13.4. The summed E-state index contributed by atoms with van der Waals surface area (Å²) in [6, 6.07) is 20.9. The number of nitrogens with zero attached hydrogens (tertiary/aromatic N) is 1. The number of carbonyl (C=O) groups excluding carboxylic acids is 1. The first-order valence-electron chi connectivity index (χ1n) is 12.2. The minimum Gasteiger partial charge on any atom is -0.508 e. The molecule has 3 rings (SSSR count). The van der Waals surface area contributed by atoms with Crippen LogP contribution in [0.25, 0.3) is 0 Å². The highest BCUT2D eigenvalue weighted by atomic mass is 32.2. The van der Waals surface area contributed by atoms with Gasteiger partial charge in [0.1, 0.15) is 5.75 Å². The van der Waals surface area contributed by atoms with E-state index >= 15 is 0 Å². The smallest absolute Gasteiger partial charge is 0.243 e. The van der Waals surface area contributed by atoms with Crippen molar-refractivity contribution in [2.24, 2.45) is 5.92 Å². The minimum atomic E-state index is -3.91. The molecule has 0 saturated heterocycles.